The zero-order valence-corrected chi connectivity index (χ0v) is 13.2. The van der Waals surface area contributed by atoms with E-state index in [2.05, 4.69) is 25.6 Å². The molecule has 0 radical (unpaired) electrons. The van der Waals surface area contributed by atoms with Gasteiger partial charge in [-0.3, -0.25) is 0 Å². The van der Waals surface area contributed by atoms with E-state index >= 15 is 0 Å². The third kappa shape index (κ3) is 2.99. The van der Waals surface area contributed by atoms with Crippen LogP contribution in [0.1, 0.15) is 5.89 Å². The van der Waals surface area contributed by atoms with Gasteiger partial charge in [0.15, 0.2) is 0 Å². The fourth-order valence-corrected chi connectivity index (χ4v) is 2.73. The Balaban J connectivity index is 1.53. The Kier molecular flexibility index (Phi) is 3.60. The molecule has 9 heteroatoms. The Morgan fingerprint density at radius 2 is 1.96 bits per heavy atom. The van der Waals surface area contributed by atoms with Crippen molar-refractivity contribution in [1.82, 2.24) is 30.3 Å². The van der Waals surface area contributed by atoms with Crippen LogP contribution in [0.5, 0.6) is 0 Å². The molecular weight excluding hydrogens is 336 g/mol. The second kappa shape index (κ2) is 5.90. The fourth-order valence-electron chi connectivity index (χ4n) is 1.97. The van der Waals surface area contributed by atoms with Crippen LogP contribution in [0.25, 0.3) is 22.8 Å². The van der Waals surface area contributed by atoms with Crippen molar-refractivity contribution in [2.45, 2.75) is 6.54 Å². The molecule has 0 aliphatic heterocycles. The third-order valence-electron chi connectivity index (χ3n) is 3.08. The van der Waals surface area contributed by atoms with Crippen molar-refractivity contribution in [2.24, 2.45) is 0 Å². The first kappa shape index (κ1) is 14.0. The molecule has 0 spiro atoms. The SMILES string of the molecule is Clc1ccc(-c2noc(Cn3nnc(-c4ccsc4)n3)n2)cc1. The molecule has 0 saturated carbocycles. The first-order valence-electron chi connectivity index (χ1n) is 6.67. The van der Waals surface area contributed by atoms with Crippen molar-refractivity contribution in [3.8, 4) is 22.8 Å². The Morgan fingerprint density at radius 3 is 2.74 bits per heavy atom. The molecule has 0 unspecified atom stereocenters. The van der Waals surface area contributed by atoms with Crippen molar-refractivity contribution in [3.05, 3.63) is 52.0 Å². The van der Waals surface area contributed by atoms with Gasteiger partial charge in [0, 0.05) is 21.5 Å². The van der Waals surface area contributed by atoms with Gasteiger partial charge in [0.2, 0.25) is 11.6 Å². The van der Waals surface area contributed by atoms with Crippen LogP contribution in [-0.4, -0.2) is 30.3 Å². The Bertz CT molecular complexity index is 915. The summed E-state index contributed by atoms with van der Waals surface area (Å²) in [6.07, 6.45) is 0. The Labute approximate surface area is 139 Å². The number of benzene rings is 1. The number of aromatic nitrogens is 6. The van der Waals surface area contributed by atoms with Crippen molar-refractivity contribution in [1.29, 1.82) is 0 Å². The molecule has 0 aliphatic rings. The summed E-state index contributed by atoms with van der Waals surface area (Å²) in [4.78, 5) is 5.75. The molecule has 0 N–H and O–H groups in total. The first-order valence-corrected chi connectivity index (χ1v) is 7.99. The Hall–Kier alpha value is -2.58. The molecule has 0 fully saturated rings. The summed E-state index contributed by atoms with van der Waals surface area (Å²) < 4.78 is 5.23. The number of hydrogen-bond acceptors (Lipinski definition) is 7. The third-order valence-corrected chi connectivity index (χ3v) is 4.01. The number of halogens is 1. The number of thiophene rings is 1. The molecule has 0 atom stereocenters. The molecule has 23 heavy (non-hydrogen) atoms. The summed E-state index contributed by atoms with van der Waals surface area (Å²) in [6.45, 7) is 0.262. The maximum absolute atomic E-state index is 5.87. The van der Waals surface area contributed by atoms with Gasteiger partial charge in [-0.2, -0.15) is 21.1 Å². The van der Waals surface area contributed by atoms with E-state index < -0.39 is 0 Å². The van der Waals surface area contributed by atoms with Gasteiger partial charge in [-0.05, 0) is 40.9 Å². The summed E-state index contributed by atoms with van der Waals surface area (Å²) in [6, 6.07) is 9.16. The monoisotopic (exact) mass is 344 g/mol. The van der Waals surface area contributed by atoms with Gasteiger partial charge in [0.25, 0.3) is 5.89 Å². The largest absolute Gasteiger partial charge is 0.337 e. The van der Waals surface area contributed by atoms with Gasteiger partial charge in [0.05, 0.1) is 0 Å². The van der Waals surface area contributed by atoms with Crippen molar-refractivity contribution in [3.63, 3.8) is 0 Å². The van der Waals surface area contributed by atoms with Gasteiger partial charge in [-0.25, -0.2) is 0 Å². The van der Waals surface area contributed by atoms with Crippen LogP contribution in [0.4, 0.5) is 0 Å². The number of rotatable bonds is 4. The van der Waals surface area contributed by atoms with Gasteiger partial charge >= 0.3 is 0 Å². The van der Waals surface area contributed by atoms with E-state index in [-0.39, 0.29) is 6.54 Å². The second-order valence-corrected chi connectivity index (χ2v) is 5.89. The average molecular weight is 345 g/mol. The molecule has 0 aliphatic carbocycles. The van der Waals surface area contributed by atoms with E-state index in [4.69, 9.17) is 16.1 Å². The van der Waals surface area contributed by atoms with Crippen molar-refractivity contribution < 1.29 is 4.52 Å². The molecule has 3 heterocycles. The second-order valence-electron chi connectivity index (χ2n) is 4.67. The van der Waals surface area contributed by atoms with Crippen LogP contribution in [0, 0.1) is 0 Å². The highest BCUT2D eigenvalue weighted by Gasteiger charge is 2.12. The lowest BCUT2D eigenvalue weighted by molar-refractivity contribution is 0.356. The molecule has 3 aromatic heterocycles. The van der Waals surface area contributed by atoms with E-state index in [1.54, 1.807) is 23.5 Å². The maximum atomic E-state index is 5.87. The lowest BCUT2D eigenvalue weighted by atomic mass is 10.2. The molecule has 0 saturated heterocycles. The van der Waals surface area contributed by atoms with Crippen LogP contribution < -0.4 is 0 Å². The van der Waals surface area contributed by atoms with Gasteiger partial charge in [0.1, 0.15) is 6.54 Å². The minimum atomic E-state index is 0.262. The van der Waals surface area contributed by atoms with Crippen molar-refractivity contribution in [2.75, 3.05) is 0 Å². The zero-order chi connectivity index (χ0) is 15.6. The molecule has 4 aromatic rings. The van der Waals surface area contributed by atoms with Crippen molar-refractivity contribution >= 4 is 22.9 Å². The predicted octanol–water partition coefficient (Wildman–Crippen LogP) is 3.15. The van der Waals surface area contributed by atoms with Crippen LogP contribution in [0.15, 0.2) is 45.6 Å². The van der Waals surface area contributed by atoms with Crippen LogP contribution in [-0.2, 0) is 6.54 Å². The average Bonchev–Trinajstić information content (AvgIpc) is 3.29. The number of hydrogen-bond donors (Lipinski definition) is 0. The molecule has 4 rings (SSSR count). The van der Waals surface area contributed by atoms with E-state index in [0.717, 1.165) is 11.1 Å². The van der Waals surface area contributed by atoms with Crippen LogP contribution >= 0.6 is 22.9 Å². The van der Waals surface area contributed by atoms with Crippen LogP contribution in [0.3, 0.4) is 0 Å². The summed E-state index contributed by atoms with van der Waals surface area (Å²) in [5.41, 5.74) is 1.77. The van der Waals surface area contributed by atoms with Gasteiger partial charge in [-0.15, -0.1) is 10.2 Å². The van der Waals surface area contributed by atoms with Gasteiger partial charge < -0.3 is 4.52 Å². The zero-order valence-electron chi connectivity index (χ0n) is 11.6. The molecule has 114 valence electrons. The summed E-state index contributed by atoms with van der Waals surface area (Å²) >= 11 is 7.45. The number of tetrazole rings is 1. The summed E-state index contributed by atoms with van der Waals surface area (Å²) in [5.74, 6) is 1.47. The number of nitrogens with zero attached hydrogens (tertiary/aromatic N) is 6. The summed E-state index contributed by atoms with van der Waals surface area (Å²) in [7, 11) is 0. The topological polar surface area (TPSA) is 82.5 Å². The first-order chi connectivity index (χ1) is 11.3. The van der Waals surface area contributed by atoms with E-state index in [0.29, 0.717) is 22.6 Å². The normalized spacial score (nSPS) is 11.0. The molecular formula is C14H9ClN6OS. The lowest BCUT2D eigenvalue weighted by Gasteiger charge is -1.93. The molecule has 0 amide bonds. The standard InChI is InChI=1S/C14H9ClN6OS/c15-11-3-1-9(2-4-11)13-16-12(22-19-13)7-21-18-14(17-20-21)10-5-6-23-8-10/h1-6,8H,7H2. The van der Waals surface area contributed by atoms with Gasteiger partial charge in [-0.1, -0.05) is 16.8 Å². The molecule has 1 aromatic carbocycles. The maximum Gasteiger partial charge on any atom is 0.250 e. The minimum absolute atomic E-state index is 0.262. The highest BCUT2D eigenvalue weighted by atomic mass is 35.5. The quantitative estimate of drug-likeness (QED) is 0.565. The minimum Gasteiger partial charge on any atom is -0.337 e. The van der Waals surface area contributed by atoms with Crippen LogP contribution in [0.2, 0.25) is 5.02 Å². The Morgan fingerprint density at radius 1 is 1.09 bits per heavy atom. The van der Waals surface area contributed by atoms with E-state index in [1.165, 1.54) is 4.80 Å². The lowest BCUT2D eigenvalue weighted by Crippen LogP contribution is -2.04. The highest BCUT2D eigenvalue weighted by Crippen LogP contribution is 2.19. The predicted molar refractivity (Wildman–Crippen MR) is 85.0 cm³/mol. The summed E-state index contributed by atoms with van der Waals surface area (Å²) in [5, 5.41) is 20.8. The molecule has 0 bridgehead atoms. The fraction of sp³-hybridized carbons (Fsp3) is 0.0714. The van der Waals surface area contributed by atoms with E-state index in [1.807, 2.05) is 29.0 Å². The smallest absolute Gasteiger partial charge is 0.250 e. The van der Waals surface area contributed by atoms with E-state index in [9.17, 15) is 0 Å². The highest BCUT2D eigenvalue weighted by molar-refractivity contribution is 7.08. The molecule has 7 nitrogen and oxygen atoms in total.